The second kappa shape index (κ2) is 7.03. The van der Waals surface area contributed by atoms with Crippen molar-refractivity contribution in [3.63, 3.8) is 0 Å². The van der Waals surface area contributed by atoms with Gasteiger partial charge in [0.05, 0.1) is 18.5 Å². The number of aromatic nitrogens is 1. The number of aliphatic hydroxyl groups excluding tert-OH is 1. The molecule has 1 aromatic heterocycles. The lowest BCUT2D eigenvalue weighted by Crippen LogP contribution is -1.96. The molecule has 0 aliphatic rings. The molecule has 0 aliphatic carbocycles. The Kier molecular flexibility index (Phi) is 4.64. The Morgan fingerprint density at radius 3 is 2.61 bits per heavy atom. The van der Waals surface area contributed by atoms with E-state index in [1.165, 1.54) is 0 Å². The van der Waals surface area contributed by atoms with E-state index in [0.29, 0.717) is 18.1 Å². The van der Waals surface area contributed by atoms with Crippen LogP contribution in [-0.4, -0.2) is 10.1 Å². The van der Waals surface area contributed by atoms with Crippen molar-refractivity contribution in [2.75, 3.05) is 0 Å². The maximum Gasteiger partial charge on any atom is 0.147 e. The van der Waals surface area contributed by atoms with Gasteiger partial charge in [-0.25, -0.2) is 4.39 Å². The molecular formula is C19H16FNO2. The summed E-state index contributed by atoms with van der Waals surface area (Å²) in [5.41, 5.74) is 2.72. The average molecular weight is 309 g/mol. The van der Waals surface area contributed by atoms with Crippen molar-refractivity contribution in [3.8, 4) is 17.0 Å². The Hall–Kier alpha value is -2.72. The van der Waals surface area contributed by atoms with Crippen molar-refractivity contribution < 1.29 is 14.2 Å². The lowest BCUT2D eigenvalue weighted by Gasteiger charge is -2.09. The van der Waals surface area contributed by atoms with E-state index in [0.717, 1.165) is 17.3 Å². The molecular weight excluding hydrogens is 293 g/mol. The number of halogens is 1. The number of rotatable bonds is 5. The van der Waals surface area contributed by atoms with Crippen LogP contribution in [-0.2, 0) is 13.2 Å². The fraction of sp³-hybridized carbons (Fsp3) is 0.105. The van der Waals surface area contributed by atoms with Crippen LogP contribution < -0.4 is 4.74 Å². The monoisotopic (exact) mass is 309 g/mol. The summed E-state index contributed by atoms with van der Waals surface area (Å²) in [4.78, 5) is 4.07. The predicted molar refractivity (Wildman–Crippen MR) is 86.3 cm³/mol. The molecule has 3 nitrogen and oxygen atoms in total. The van der Waals surface area contributed by atoms with Gasteiger partial charge in [-0.3, -0.25) is 4.98 Å². The normalized spacial score (nSPS) is 10.5. The molecule has 0 fully saturated rings. The highest BCUT2D eigenvalue weighted by Gasteiger charge is 2.07. The zero-order valence-electron chi connectivity index (χ0n) is 12.4. The van der Waals surface area contributed by atoms with Gasteiger partial charge in [0.1, 0.15) is 18.2 Å². The summed E-state index contributed by atoms with van der Waals surface area (Å²) in [6.07, 6.45) is 1.12. The van der Waals surface area contributed by atoms with Crippen LogP contribution >= 0.6 is 0 Å². The van der Waals surface area contributed by atoms with E-state index in [4.69, 9.17) is 9.84 Å². The Morgan fingerprint density at radius 2 is 1.83 bits per heavy atom. The lowest BCUT2D eigenvalue weighted by atomic mass is 10.1. The van der Waals surface area contributed by atoms with E-state index in [-0.39, 0.29) is 12.2 Å². The molecule has 0 unspecified atom stereocenters. The number of hydrogen-bond donors (Lipinski definition) is 1. The molecule has 0 bridgehead atoms. The first-order valence-electron chi connectivity index (χ1n) is 7.28. The lowest BCUT2D eigenvalue weighted by molar-refractivity contribution is 0.275. The summed E-state index contributed by atoms with van der Waals surface area (Å²) in [7, 11) is 0. The summed E-state index contributed by atoms with van der Waals surface area (Å²) < 4.78 is 19.2. The van der Waals surface area contributed by atoms with Crippen molar-refractivity contribution in [1.29, 1.82) is 0 Å². The van der Waals surface area contributed by atoms with Gasteiger partial charge in [-0.2, -0.15) is 0 Å². The minimum absolute atomic E-state index is 0.227. The van der Waals surface area contributed by atoms with E-state index in [1.807, 2.05) is 54.6 Å². The predicted octanol–water partition coefficient (Wildman–Crippen LogP) is 3.96. The standard InChI is InChI=1S/C19H16FNO2/c20-18-11-21-19(10-16(18)12-22)15-7-4-8-17(9-15)23-13-14-5-2-1-3-6-14/h1-11,22H,12-13H2. The molecule has 23 heavy (non-hydrogen) atoms. The fourth-order valence-electron chi connectivity index (χ4n) is 2.25. The van der Waals surface area contributed by atoms with Crippen molar-refractivity contribution in [2.24, 2.45) is 0 Å². The smallest absolute Gasteiger partial charge is 0.147 e. The van der Waals surface area contributed by atoms with Crippen molar-refractivity contribution in [2.45, 2.75) is 13.2 Å². The Bertz CT molecular complexity index is 790. The van der Waals surface area contributed by atoms with Gasteiger partial charge in [-0.15, -0.1) is 0 Å². The zero-order chi connectivity index (χ0) is 16.1. The van der Waals surface area contributed by atoms with Gasteiger partial charge in [0.15, 0.2) is 0 Å². The van der Waals surface area contributed by atoms with E-state index >= 15 is 0 Å². The van der Waals surface area contributed by atoms with E-state index < -0.39 is 5.82 Å². The molecule has 0 radical (unpaired) electrons. The van der Waals surface area contributed by atoms with Gasteiger partial charge in [0, 0.05) is 11.1 Å². The highest BCUT2D eigenvalue weighted by molar-refractivity contribution is 5.61. The number of nitrogens with zero attached hydrogens (tertiary/aromatic N) is 1. The van der Waals surface area contributed by atoms with Gasteiger partial charge in [0.25, 0.3) is 0 Å². The molecule has 0 saturated heterocycles. The van der Waals surface area contributed by atoms with E-state index in [1.54, 1.807) is 6.07 Å². The molecule has 0 saturated carbocycles. The van der Waals surface area contributed by atoms with Crippen molar-refractivity contribution >= 4 is 0 Å². The molecule has 4 heteroatoms. The SMILES string of the molecule is OCc1cc(-c2cccc(OCc3ccccc3)c2)ncc1F. The Morgan fingerprint density at radius 1 is 1.00 bits per heavy atom. The van der Waals surface area contributed by atoms with Gasteiger partial charge in [-0.1, -0.05) is 42.5 Å². The van der Waals surface area contributed by atoms with Crippen molar-refractivity contribution in [3.05, 3.63) is 83.8 Å². The molecule has 3 rings (SSSR count). The summed E-state index contributed by atoms with van der Waals surface area (Å²) in [6.45, 7) is 0.120. The van der Waals surface area contributed by atoms with E-state index in [9.17, 15) is 4.39 Å². The molecule has 1 N–H and O–H groups in total. The molecule has 116 valence electrons. The number of benzene rings is 2. The topological polar surface area (TPSA) is 42.4 Å². The number of hydrogen-bond acceptors (Lipinski definition) is 3. The maximum atomic E-state index is 13.4. The van der Waals surface area contributed by atoms with Crippen LogP contribution in [0.15, 0.2) is 66.9 Å². The first-order valence-corrected chi connectivity index (χ1v) is 7.28. The third-order valence-corrected chi connectivity index (χ3v) is 3.48. The summed E-state index contributed by atoms with van der Waals surface area (Å²) in [6, 6.07) is 18.9. The molecule has 3 aromatic rings. The summed E-state index contributed by atoms with van der Waals surface area (Å²) in [5, 5.41) is 9.16. The Labute approximate surface area is 134 Å². The minimum atomic E-state index is -0.507. The first-order chi connectivity index (χ1) is 11.3. The number of ether oxygens (including phenoxy) is 1. The zero-order valence-corrected chi connectivity index (χ0v) is 12.4. The second-order valence-corrected chi connectivity index (χ2v) is 5.12. The van der Waals surface area contributed by atoms with Gasteiger partial charge in [0.2, 0.25) is 0 Å². The van der Waals surface area contributed by atoms with Crippen LogP contribution in [0.2, 0.25) is 0 Å². The summed E-state index contributed by atoms with van der Waals surface area (Å²) >= 11 is 0. The van der Waals surface area contributed by atoms with Crippen LogP contribution in [0.4, 0.5) is 4.39 Å². The maximum absolute atomic E-state index is 13.4. The van der Waals surface area contributed by atoms with Gasteiger partial charge >= 0.3 is 0 Å². The largest absolute Gasteiger partial charge is 0.489 e. The van der Waals surface area contributed by atoms with Crippen LogP contribution in [0.5, 0.6) is 5.75 Å². The third-order valence-electron chi connectivity index (χ3n) is 3.48. The number of pyridine rings is 1. The quantitative estimate of drug-likeness (QED) is 0.775. The Balaban J connectivity index is 1.79. The molecule has 0 aliphatic heterocycles. The number of aliphatic hydroxyl groups is 1. The molecule has 2 aromatic carbocycles. The highest BCUT2D eigenvalue weighted by atomic mass is 19.1. The fourth-order valence-corrected chi connectivity index (χ4v) is 2.25. The minimum Gasteiger partial charge on any atom is -0.489 e. The van der Waals surface area contributed by atoms with Gasteiger partial charge < -0.3 is 9.84 Å². The average Bonchev–Trinajstić information content (AvgIpc) is 2.61. The van der Waals surface area contributed by atoms with E-state index in [2.05, 4.69) is 4.98 Å². The highest BCUT2D eigenvalue weighted by Crippen LogP contribution is 2.24. The third kappa shape index (κ3) is 3.73. The first kappa shape index (κ1) is 15.2. The van der Waals surface area contributed by atoms with Crippen LogP contribution in [0.1, 0.15) is 11.1 Å². The molecule has 1 heterocycles. The van der Waals surface area contributed by atoms with Gasteiger partial charge in [-0.05, 0) is 23.8 Å². The summed E-state index contributed by atoms with van der Waals surface area (Å²) in [5.74, 6) is 0.204. The second-order valence-electron chi connectivity index (χ2n) is 5.12. The van der Waals surface area contributed by atoms with Crippen LogP contribution in [0.3, 0.4) is 0 Å². The van der Waals surface area contributed by atoms with Crippen molar-refractivity contribution in [1.82, 2.24) is 4.98 Å². The van der Waals surface area contributed by atoms with Crippen LogP contribution in [0.25, 0.3) is 11.3 Å². The molecule has 0 amide bonds. The van der Waals surface area contributed by atoms with Crippen LogP contribution in [0, 0.1) is 5.82 Å². The molecule has 0 spiro atoms. The molecule has 0 atom stereocenters.